The zero-order valence-electron chi connectivity index (χ0n) is 16.9. The number of carbonyl (C=O) groups is 1. The Hall–Kier alpha value is -1.58. The van der Waals surface area contributed by atoms with Crippen LogP contribution >= 0.6 is 23.2 Å². The highest BCUT2D eigenvalue weighted by Crippen LogP contribution is 2.31. The van der Waals surface area contributed by atoms with Crippen molar-refractivity contribution in [3.63, 3.8) is 0 Å². The van der Waals surface area contributed by atoms with Crippen molar-refractivity contribution < 1.29 is 17.6 Å². The summed E-state index contributed by atoms with van der Waals surface area (Å²) in [5.41, 5.74) is 0.0686. The number of amides is 1. The number of halogens is 2. The Labute approximate surface area is 192 Å². The van der Waals surface area contributed by atoms with Crippen LogP contribution in [0.4, 0.5) is 0 Å². The maximum atomic E-state index is 12.9. The minimum absolute atomic E-state index is 0.0171. The third-order valence-corrected chi connectivity index (χ3v) is 7.91. The normalized spacial score (nSPS) is 18.6. The summed E-state index contributed by atoms with van der Waals surface area (Å²) in [5.74, 6) is 0.319. The van der Waals surface area contributed by atoms with Crippen molar-refractivity contribution in [3.8, 4) is 0 Å². The van der Waals surface area contributed by atoms with Gasteiger partial charge in [0.25, 0.3) is 5.91 Å². The van der Waals surface area contributed by atoms with Crippen LogP contribution in [-0.4, -0.2) is 44.9 Å². The maximum Gasteiger partial charge on any atom is 0.252 e. The second-order valence-corrected chi connectivity index (χ2v) is 10.5. The van der Waals surface area contributed by atoms with E-state index in [1.165, 1.54) is 18.6 Å². The summed E-state index contributed by atoms with van der Waals surface area (Å²) in [4.78, 5) is 15.1. The fraction of sp³-hybridized carbons (Fsp3) is 0.476. The standard InChI is InChI=1S/C21H25Cl2N3O4S/c22-16-12-17(23)20(31(28,29)25-14-6-7-14)11-15(16)21(27)24-13-18(19-5-4-10-30-19)26-8-2-1-3-9-26/h4-5,10-12,14,18,25H,1-3,6-9,13H2,(H,24,27). The van der Waals surface area contributed by atoms with E-state index in [2.05, 4.69) is 14.9 Å². The summed E-state index contributed by atoms with van der Waals surface area (Å²) < 4.78 is 33.4. The Balaban J connectivity index is 1.52. The molecule has 168 valence electrons. The number of carbonyl (C=O) groups excluding carboxylic acids is 1. The number of likely N-dealkylation sites (tertiary alicyclic amines) is 1. The van der Waals surface area contributed by atoms with Crippen molar-refractivity contribution in [1.82, 2.24) is 14.9 Å². The van der Waals surface area contributed by atoms with Gasteiger partial charge < -0.3 is 9.73 Å². The van der Waals surface area contributed by atoms with E-state index >= 15 is 0 Å². The van der Waals surface area contributed by atoms with E-state index < -0.39 is 15.9 Å². The summed E-state index contributed by atoms with van der Waals surface area (Å²) in [6.45, 7) is 2.17. The molecule has 1 saturated heterocycles. The molecule has 2 heterocycles. The number of nitrogens with zero attached hydrogens (tertiary/aromatic N) is 1. The highest BCUT2D eigenvalue weighted by Gasteiger charge is 2.31. The van der Waals surface area contributed by atoms with E-state index in [0.29, 0.717) is 6.54 Å². The molecular formula is C21H25Cl2N3O4S. The molecule has 0 bridgehead atoms. The molecule has 2 aliphatic rings. The van der Waals surface area contributed by atoms with Gasteiger partial charge in [-0.3, -0.25) is 9.69 Å². The van der Waals surface area contributed by atoms with Gasteiger partial charge in [-0.25, -0.2) is 13.1 Å². The topological polar surface area (TPSA) is 91.7 Å². The highest BCUT2D eigenvalue weighted by atomic mass is 35.5. The Morgan fingerprint density at radius 2 is 1.90 bits per heavy atom. The zero-order chi connectivity index (χ0) is 22.0. The summed E-state index contributed by atoms with van der Waals surface area (Å²) in [6, 6.07) is 6.09. The van der Waals surface area contributed by atoms with Crippen molar-refractivity contribution in [2.45, 2.75) is 49.1 Å². The van der Waals surface area contributed by atoms with Crippen LogP contribution in [0.3, 0.4) is 0 Å². The second-order valence-electron chi connectivity index (χ2n) is 8.00. The minimum Gasteiger partial charge on any atom is -0.468 e. The minimum atomic E-state index is -3.83. The number of nitrogens with one attached hydrogen (secondary N) is 2. The zero-order valence-corrected chi connectivity index (χ0v) is 19.3. The molecular weight excluding hydrogens is 461 g/mol. The van der Waals surface area contributed by atoms with Crippen LogP contribution < -0.4 is 10.0 Å². The van der Waals surface area contributed by atoms with Gasteiger partial charge in [0.1, 0.15) is 10.7 Å². The third kappa shape index (κ3) is 5.43. The molecule has 1 aromatic carbocycles. The number of hydrogen-bond acceptors (Lipinski definition) is 5. The number of piperidine rings is 1. The summed E-state index contributed by atoms with van der Waals surface area (Å²) in [7, 11) is -3.83. The van der Waals surface area contributed by atoms with Gasteiger partial charge >= 0.3 is 0 Å². The molecule has 1 aromatic heterocycles. The lowest BCUT2D eigenvalue weighted by molar-refractivity contribution is 0.0914. The lowest BCUT2D eigenvalue weighted by Gasteiger charge is -2.33. The van der Waals surface area contributed by atoms with Crippen molar-refractivity contribution in [2.75, 3.05) is 19.6 Å². The Morgan fingerprint density at radius 3 is 2.55 bits per heavy atom. The quantitative estimate of drug-likeness (QED) is 0.589. The van der Waals surface area contributed by atoms with E-state index in [9.17, 15) is 13.2 Å². The monoisotopic (exact) mass is 485 g/mol. The van der Waals surface area contributed by atoms with Gasteiger partial charge in [0.15, 0.2) is 0 Å². The van der Waals surface area contributed by atoms with Gasteiger partial charge in [-0.05, 0) is 63.0 Å². The molecule has 31 heavy (non-hydrogen) atoms. The number of sulfonamides is 1. The highest BCUT2D eigenvalue weighted by molar-refractivity contribution is 7.89. The molecule has 1 aliphatic heterocycles. The number of furan rings is 1. The molecule has 2 aromatic rings. The average molecular weight is 486 g/mol. The maximum absolute atomic E-state index is 12.9. The number of benzene rings is 1. The molecule has 1 atom stereocenters. The second kappa shape index (κ2) is 9.50. The van der Waals surface area contributed by atoms with E-state index in [-0.39, 0.29) is 32.6 Å². The van der Waals surface area contributed by atoms with E-state index in [4.69, 9.17) is 27.6 Å². The van der Waals surface area contributed by atoms with Gasteiger partial charge in [0, 0.05) is 12.6 Å². The van der Waals surface area contributed by atoms with Crippen LogP contribution in [0.25, 0.3) is 0 Å². The van der Waals surface area contributed by atoms with E-state index in [1.807, 2.05) is 12.1 Å². The molecule has 0 spiro atoms. The third-order valence-electron chi connectivity index (χ3n) is 5.61. The van der Waals surface area contributed by atoms with Crippen LogP contribution in [-0.2, 0) is 10.0 Å². The van der Waals surface area contributed by atoms with Crippen LogP contribution in [0.1, 0.15) is 54.3 Å². The smallest absolute Gasteiger partial charge is 0.252 e. The first-order chi connectivity index (χ1) is 14.8. The van der Waals surface area contributed by atoms with E-state index in [0.717, 1.165) is 44.5 Å². The summed E-state index contributed by atoms with van der Waals surface area (Å²) in [5, 5.41) is 2.97. The van der Waals surface area contributed by atoms with Crippen LogP contribution in [0.15, 0.2) is 39.8 Å². The average Bonchev–Trinajstić information content (AvgIpc) is 3.36. The molecule has 1 saturated carbocycles. The van der Waals surface area contributed by atoms with Gasteiger partial charge in [0.05, 0.1) is 27.9 Å². The number of rotatable bonds is 8. The molecule has 4 rings (SSSR count). The SMILES string of the molecule is O=C(NCC(c1ccco1)N1CCCCC1)c1cc(S(=O)(=O)NC2CC2)c(Cl)cc1Cl. The van der Waals surface area contributed by atoms with Crippen LogP contribution in [0, 0.1) is 0 Å². The summed E-state index contributed by atoms with van der Waals surface area (Å²) >= 11 is 12.4. The summed E-state index contributed by atoms with van der Waals surface area (Å²) in [6.07, 6.45) is 6.60. The fourth-order valence-electron chi connectivity index (χ4n) is 3.80. The van der Waals surface area contributed by atoms with Crippen LogP contribution in [0.2, 0.25) is 10.0 Å². The first-order valence-electron chi connectivity index (χ1n) is 10.4. The number of hydrogen-bond donors (Lipinski definition) is 2. The Morgan fingerprint density at radius 1 is 1.16 bits per heavy atom. The van der Waals surface area contributed by atoms with Gasteiger partial charge in [-0.2, -0.15) is 0 Å². The van der Waals surface area contributed by atoms with Crippen molar-refractivity contribution >= 4 is 39.1 Å². The Bertz CT molecular complexity index is 1030. The molecule has 1 aliphatic carbocycles. The first kappa shape index (κ1) is 22.6. The lowest BCUT2D eigenvalue weighted by Crippen LogP contribution is -2.40. The molecule has 1 amide bonds. The predicted molar refractivity (Wildman–Crippen MR) is 119 cm³/mol. The van der Waals surface area contributed by atoms with Crippen molar-refractivity contribution in [2.24, 2.45) is 0 Å². The van der Waals surface area contributed by atoms with Gasteiger partial charge in [-0.1, -0.05) is 29.6 Å². The van der Waals surface area contributed by atoms with Gasteiger partial charge in [-0.15, -0.1) is 0 Å². The molecule has 0 radical (unpaired) electrons. The molecule has 1 unspecified atom stereocenters. The van der Waals surface area contributed by atoms with Crippen molar-refractivity contribution in [1.29, 1.82) is 0 Å². The molecule has 2 fully saturated rings. The largest absolute Gasteiger partial charge is 0.468 e. The van der Waals surface area contributed by atoms with Crippen molar-refractivity contribution in [3.05, 3.63) is 51.9 Å². The predicted octanol–water partition coefficient (Wildman–Crippen LogP) is 3.98. The molecule has 10 heteroatoms. The fourth-order valence-corrected chi connectivity index (χ4v) is 5.96. The van der Waals surface area contributed by atoms with E-state index in [1.54, 1.807) is 6.26 Å². The molecule has 7 nitrogen and oxygen atoms in total. The first-order valence-corrected chi connectivity index (χ1v) is 12.7. The lowest BCUT2D eigenvalue weighted by atomic mass is 10.1. The Kier molecular flexibility index (Phi) is 6.93. The van der Waals surface area contributed by atoms with Gasteiger partial charge in [0.2, 0.25) is 10.0 Å². The molecule has 2 N–H and O–H groups in total. The van der Waals surface area contributed by atoms with Crippen LogP contribution in [0.5, 0.6) is 0 Å².